The van der Waals surface area contributed by atoms with E-state index in [0.717, 1.165) is 24.5 Å². The predicted molar refractivity (Wildman–Crippen MR) is 96.8 cm³/mol. The Balaban J connectivity index is 1.69. The van der Waals surface area contributed by atoms with E-state index in [-0.39, 0.29) is 0 Å². The highest BCUT2D eigenvalue weighted by molar-refractivity contribution is 6.32. The molecular formula is C19H24ClNO2. The molecular weight excluding hydrogens is 310 g/mol. The number of rotatable bonds is 9. The molecule has 124 valence electrons. The standard InChI is InChI=1S/C19H24ClNO2/c1-15(2)11-13-22-17-9-7-16(8-10-17)21-12-14-23-19-6-4-3-5-18(19)20/h3-10,15,21H,11-14H2,1-2H3. The first-order chi connectivity index (χ1) is 11.1. The van der Waals surface area contributed by atoms with Crippen molar-refractivity contribution in [1.29, 1.82) is 0 Å². The summed E-state index contributed by atoms with van der Waals surface area (Å²) in [6.07, 6.45) is 1.07. The summed E-state index contributed by atoms with van der Waals surface area (Å²) in [5, 5.41) is 3.95. The Kier molecular flexibility index (Phi) is 7.08. The summed E-state index contributed by atoms with van der Waals surface area (Å²) >= 11 is 6.04. The van der Waals surface area contributed by atoms with E-state index in [1.54, 1.807) is 0 Å². The molecule has 4 heteroatoms. The van der Waals surface area contributed by atoms with Gasteiger partial charge in [0.1, 0.15) is 18.1 Å². The van der Waals surface area contributed by atoms with Gasteiger partial charge in [0.2, 0.25) is 0 Å². The molecule has 0 atom stereocenters. The average molecular weight is 334 g/mol. The van der Waals surface area contributed by atoms with E-state index in [9.17, 15) is 0 Å². The van der Waals surface area contributed by atoms with Crippen LogP contribution in [-0.4, -0.2) is 19.8 Å². The van der Waals surface area contributed by atoms with Gasteiger partial charge in [-0.15, -0.1) is 0 Å². The van der Waals surface area contributed by atoms with E-state index in [0.29, 0.717) is 29.8 Å². The van der Waals surface area contributed by atoms with Gasteiger partial charge in [-0.05, 0) is 48.7 Å². The van der Waals surface area contributed by atoms with Crippen LogP contribution in [0.4, 0.5) is 5.69 Å². The molecule has 0 aliphatic carbocycles. The number of nitrogens with one attached hydrogen (secondary N) is 1. The minimum Gasteiger partial charge on any atom is -0.494 e. The number of hydrogen-bond donors (Lipinski definition) is 1. The van der Waals surface area contributed by atoms with Gasteiger partial charge in [0, 0.05) is 12.2 Å². The van der Waals surface area contributed by atoms with E-state index in [2.05, 4.69) is 19.2 Å². The first kappa shape index (κ1) is 17.5. The highest BCUT2D eigenvalue weighted by Gasteiger charge is 2.00. The molecule has 2 aromatic carbocycles. The molecule has 2 aromatic rings. The second kappa shape index (κ2) is 9.31. The van der Waals surface area contributed by atoms with Crippen LogP contribution in [0.1, 0.15) is 20.3 Å². The van der Waals surface area contributed by atoms with E-state index in [1.807, 2.05) is 48.5 Å². The largest absolute Gasteiger partial charge is 0.494 e. The number of anilines is 1. The third-order valence-corrected chi connectivity index (χ3v) is 3.66. The molecule has 1 N–H and O–H groups in total. The molecule has 0 aliphatic rings. The second-order valence-electron chi connectivity index (χ2n) is 5.76. The lowest BCUT2D eigenvalue weighted by molar-refractivity contribution is 0.289. The maximum atomic E-state index is 6.04. The zero-order valence-electron chi connectivity index (χ0n) is 13.7. The third kappa shape index (κ3) is 6.41. The van der Waals surface area contributed by atoms with Gasteiger partial charge in [-0.1, -0.05) is 37.6 Å². The first-order valence-electron chi connectivity index (χ1n) is 7.99. The van der Waals surface area contributed by atoms with Gasteiger partial charge in [0.05, 0.1) is 11.6 Å². The number of ether oxygens (including phenoxy) is 2. The zero-order valence-corrected chi connectivity index (χ0v) is 14.5. The average Bonchev–Trinajstić information content (AvgIpc) is 2.54. The van der Waals surface area contributed by atoms with Crippen molar-refractivity contribution in [2.75, 3.05) is 25.1 Å². The van der Waals surface area contributed by atoms with Gasteiger partial charge < -0.3 is 14.8 Å². The number of halogens is 1. The molecule has 0 fully saturated rings. The van der Waals surface area contributed by atoms with Crippen LogP contribution in [0, 0.1) is 5.92 Å². The van der Waals surface area contributed by atoms with E-state index in [4.69, 9.17) is 21.1 Å². The van der Waals surface area contributed by atoms with Crippen molar-refractivity contribution in [3.63, 3.8) is 0 Å². The zero-order chi connectivity index (χ0) is 16.5. The Morgan fingerprint density at radius 1 is 0.957 bits per heavy atom. The molecule has 0 radical (unpaired) electrons. The quantitative estimate of drug-likeness (QED) is 0.635. The van der Waals surface area contributed by atoms with Crippen LogP contribution >= 0.6 is 11.6 Å². The molecule has 2 rings (SSSR count). The van der Waals surface area contributed by atoms with Crippen molar-refractivity contribution in [2.24, 2.45) is 5.92 Å². The fraction of sp³-hybridized carbons (Fsp3) is 0.368. The van der Waals surface area contributed by atoms with Crippen LogP contribution in [0.15, 0.2) is 48.5 Å². The Bertz CT molecular complexity index is 584. The van der Waals surface area contributed by atoms with Gasteiger partial charge in [-0.2, -0.15) is 0 Å². The molecule has 0 spiro atoms. The fourth-order valence-electron chi connectivity index (χ4n) is 2.00. The molecule has 0 unspecified atom stereocenters. The van der Waals surface area contributed by atoms with Crippen molar-refractivity contribution >= 4 is 17.3 Å². The fourth-order valence-corrected chi connectivity index (χ4v) is 2.19. The molecule has 0 aliphatic heterocycles. The normalized spacial score (nSPS) is 10.6. The molecule has 0 saturated carbocycles. The maximum Gasteiger partial charge on any atom is 0.137 e. The van der Waals surface area contributed by atoms with Crippen molar-refractivity contribution in [1.82, 2.24) is 0 Å². The van der Waals surface area contributed by atoms with Gasteiger partial charge >= 0.3 is 0 Å². The van der Waals surface area contributed by atoms with E-state index >= 15 is 0 Å². The maximum absolute atomic E-state index is 6.04. The highest BCUT2D eigenvalue weighted by Crippen LogP contribution is 2.23. The smallest absolute Gasteiger partial charge is 0.137 e. The van der Waals surface area contributed by atoms with Gasteiger partial charge in [-0.3, -0.25) is 0 Å². The molecule has 23 heavy (non-hydrogen) atoms. The van der Waals surface area contributed by atoms with Crippen molar-refractivity contribution in [2.45, 2.75) is 20.3 Å². The minimum atomic E-state index is 0.552. The molecule has 0 bridgehead atoms. The number of para-hydroxylation sites is 1. The topological polar surface area (TPSA) is 30.5 Å². The molecule has 0 amide bonds. The van der Waals surface area contributed by atoms with Crippen LogP contribution in [0.5, 0.6) is 11.5 Å². The van der Waals surface area contributed by atoms with Crippen LogP contribution < -0.4 is 14.8 Å². The van der Waals surface area contributed by atoms with Crippen molar-refractivity contribution in [3.8, 4) is 11.5 Å². The molecule has 0 heterocycles. The second-order valence-corrected chi connectivity index (χ2v) is 6.17. The van der Waals surface area contributed by atoms with Crippen LogP contribution in [0.3, 0.4) is 0 Å². The minimum absolute atomic E-state index is 0.552. The molecule has 3 nitrogen and oxygen atoms in total. The van der Waals surface area contributed by atoms with Crippen molar-refractivity contribution in [3.05, 3.63) is 53.6 Å². The summed E-state index contributed by atoms with van der Waals surface area (Å²) in [4.78, 5) is 0. The molecule has 0 saturated heterocycles. The van der Waals surface area contributed by atoms with Gasteiger partial charge in [0.15, 0.2) is 0 Å². The van der Waals surface area contributed by atoms with Crippen molar-refractivity contribution < 1.29 is 9.47 Å². The lowest BCUT2D eigenvalue weighted by Gasteiger charge is -2.11. The SMILES string of the molecule is CC(C)CCOc1ccc(NCCOc2ccccc2Cl)cc1. The lowest BCUT2D eigenvalue weighted by atomic mass is 10.1. The summed E-state index contributed by atoms with van der Waals surface area (Å²) < 4.78 is 11.3. The summed E-state index contributed by atoms with van der Waals surface area (Å²) in [5.74, 6) is 2.28. The van der Waals surface area contributed by atoms with Crippen LogP contribution in [-0.2, 0) is 0 Å². The van der Waals surface area contributed by atoms with E-state index < -0.39 is 0 Å². The van der Waals surface area contributed by atoms with Gasteiger partial charge in [-0.25, -0.2) is 0 Å². The summed E-state index contributed by atoms with van der Waals surface area (Å²) in [5.41, 5.74) is 1.05. The highest BCUT2D eigenvalue weighted by atomic mass is 35.5. The van der Waals surface area contributed by atoms with Gasteiger partial charge in [0.25, 0.3) is 0 Å². The lowest BCUT2D eigenvalue weighted by Crippen LogP contribution is -2.11. The third-order valence-electron chi connectivity index (χ3n) is 3.34. The molecule has 0 aromatic heterocycles. The van der Waals surface area contributed by atoms with Crippen LogP contribution in [0.2, 0.25) is 5.02 Å². The van der Waals surface area contributed by atoms with E-state index in [1.165, 1.54) is 0 Å². The summed E-state index contributed by atoms with van der Waals surface area (Å²) in [6, 6.07) is 15.5. The Labute approximate surface area is 143 Å². The van der Waals surface area contributed by atoms with Crippen LogP contribution in [0.25, 0.3) is 0 Å². The number of benzene rings is 2. The summed E-state index contributed by atoms with van der Waals surface area (Å²) in [7, 11) is 0. The number of hydrogen-bond acceptors (Lipinski definition) is 3. The first-order valence-corrected chi connectivity index (χ1v) is 8.37. The Hall–Kier alpha value is -1.87. The monoisotopic (exact) mass is 333 g/mol. The summed E-state index contributed by atoms with van der Waals surface area (Å²) in [6.45, 7) is 6.41. The Morgan fingerprint density at radius 3 is 2.39 bits per heavy atom. The predicted octanol–water partition coefficient (Wildman–Crippen LogP) is 5.26. The Morgan fingerprint density at radius 2 is 1.70 bits per heavy atom.